The normalized spacial score (nSPS) is 17.3. The smallest absolute Gasteiger partial charge is 0.300 e. The van der Waals surface area contributed by atoms with E-state index in [4.69, 9.17) is 16.3 Å². The number of carbonyl (C=O) groups excluding carboxylic acids is 2. The Morgan fingerprint density at radius 3 is 2.38 bits per heavy atom. The van der Waals surface area contributed by atoms with Crippen molar-refractivity contribution in [3.8, 4) is 5.75 Å². The highest BCUT2D eigenvalue weighted by atomic mass is 35.5. The van der Waals surface area contributed by atoms with Gasteiger partial charge in [-0.05, 0) is 66.4 Å². The van der Waals surface area contributed by atoms with Gasteiger partial charge in [0.1, 0.15) is 17.3 Å². The predicted molar refractivity (Wildman–Crippen MR) is 130 cm³/mol. The van der Waals surface area contributed by atoms with Gasteiger partial charge in [-0.2, -0.15) is 0 Å². The lowest BCUT2D eigenvalue weighted by Crippen LogP contribution is -2.29. The fourth-order valence-electron chi connectivity index (χ4n) is 4.17. The number of carbonyl (C=O) groups is 2. The van der Waals surface area contributed by atoms with Gasteiger partial charge in [0.15, 0.2) is 0 Å². The molecular formula is C27H23ClFNO4. The number of hydrogen-bond donors (Lipinski definition) is 1. The Morgan fingerprint density at radius 2 is 1.79 bits per heavy atom. The van der Waals surface area contributed by atoms with Crippen molar-refractivity contribution in [2.24, 2.45) is 0 Å². The first-order valence-electron chi connectivity index (χ1n) is 10.8. The summed E-state index contributed by atoms with van der Waals surface area (Å²) < 4.78 is 19.1. The van der Waals surface area contributed by atoms with E-state index < -0.39 is 23.5 Å². The zero-order valence-electron chi connectivity index (χ0n) is 18.9. The molecule has 174 valence electrons. The Balaban J connectivity index is 1.94. The van der Waals surface area contributed by atoms with Crippen LogP contribution in [0.2, 0.25) is 5.02 Å². The van der Waals surface area contributed by atoms with Gasteiger partial charge in [-0.25, -0.2) is 4.39 Å². The molecule has 1 aliphatic heterocycles. The zero-order chi connectivity index (χ0) is 24.6. The van der Waals surface area contributed by atoms with Crippen molar-refractivity contribution in [1.29, 1.82) is 0 Å². The van der Waals surface area contributed by atoms with Crippen LogP contribution in [0.5, 0.6) is 5.75 Å². The van der Waals surface area contributed by atoms with E-state index in [0.717, 1.165) is 23.6 Å². The van der Waals surface area contributed by atoms with Crippen molar-refractivity contribution in [1.82, 2.24) is 0 Å². The highest BCUT2D eigenvalue weighted by molar-refractivity contribution is 6.51. The van der Waals surface area contributed by atoms with Crippen LogP contribution in [-0.4, -0.2) is 23.9 Å². The Hall–Kier alpha value is -3.64. The molecule has 1 aliphatic rings. The highest BCUT2D eigenvalue weighted by Gasteiger charge is 2.47. The lowest BCUT2D eigenvalue weighted by Gasteiger charge is -2.26. The van der Waals surface area contributed by atoms with Crippen LogP contribution in [0.25, 0.3) is 5.76 Å². The van der Waals surface area contributed by atoms with Crippen LogP contribution in [0.4, 0.5) is 10.1 Å². The number of anilines is 1. The number of aliphatic hydroxyl groups is 1. The largest absolute Gasteiger partial charge is 0.507 e. The molecule has 0 saturated carbocycles. The first-order chi connectivity index (χ1) is 16.3. The first kappa shape index (κ1) is 23.5. The summed E-state index contributed by atoms with van der Waals surface area (Å²) in [5.74, 6) is -1.98. The van der Waals surface area contributed by atoms with E-state index in [2.05, 4.69) is 0 Å². The maximum absolute atomic E-state index is 13.8. The van der Waals surface area contributed by atoms with Crippen LogP contribution in [0.15, 0.2) is 66.2 Å². The number of aliphatic hydroxyl groups excluding tert-OH is 1. The molecule has 3 aromatic rings. The van der Waals surface area contributed by atoms with Gasteiger partial charge in [-0.3, -0.25) is 14.5 Å². The van der Waals surface area contributed by atoms with Crippen molar-refractivity contribution < 1.29 is 23.8 Å². The van der Waals surface area contributed by atoms with Crippen LogP contribution < -0.4 is 9.64 Å². The summed E-state index contributed by atoms with van der Waals surface area (Å²) >= 11 is 5.98. The number of rotatable bonds is 5. The van der Waals surface area contributed by atoms with E-state index in [9.17, 15) is 19.1 Å². The molecule has 0 spiro atoms. The number of aryl methyl sites for hydroxylation is 2. The third kappa shape index (κ3) is 4.05. The number of ketones is 1. The summed E-state index contributed by atoms with van der Waals surface area (Å²) in [6, 6.07) is 15.4. The molecular weight excluding hydrogens is 457 g/mol. The zero-order valence-corrected chi connectivity index (χ0v) is 19.7. The average molecular weight is 480 g/mol. The highest BCUT2D eigenvalue weighted by Crippen LogP contribution is 2.43. The molecule has 7 heteroatoms. The third-order valence-corrected chi connectivity index (χ3v) is 6.29. The SMILES string of the molecule is CCc1ccc(C2/C(=C(\O)c3ccc(OC)c(C)c3)C(=O)C(=O)N2c2ccc(F)c(Cl)c2)cc1. The van der Waals surface area contributed by atoms with Gasteiger partial charge in [0.25, 0.3) is 11.7 Å². The van der Waals surface area contributed by atoms with Crippen LogP contribution in [0.3, 0.4) is 0 Å². The molecule has 0 aromatic heterocycles. The molecule has 1 heterocycles. The third-order valence-electron chi connectivity index (χ3n) is 6.00. The molecule has 3 aromatic carbocycles. The summed E-state index contributed by atoms with van der Waals surface area (Å²) in [6.07, 6.45) is 0.819. The number of halogens is 2. The molecule has 1 N–H and O–H groups in total. The number of amides is 1. The minimum Gasteiger partial charge on any atom is -0.507 e. The van der Waals surface area contributed by atoms with E-state index in [0.29, 0.717) is 16.9 Å². The van der Waals surface area contributed by atoms with Gasteiger partial charge in [0.2, 0.25) is 0 Å². The fraction of sp³-hybridized carbons (Fsp3) is 0.185. The fourth-order valence-corrected chi connectivity index (χ4v) is 4.34. The van der Waals surface area contributed by atoms with Crippen LogP contribution in [0.1, 0.15) is 35.2 Å². The molecule has 5 nitrogen and oxygen atoms in total. The maximum atomic E-state index is 13.8. The maximum Gasteiger partial charge on any atom is 0.300 e. The van der Waals surface area contributed by atoms with E-state index >= 15 is 0 Å². The van der Waals surface area contributed by atoms with Gasteiger partial charge >= 0.3 is 0 Å². The minimum absolute atomic E-state index is 0.0562. The van der Waals surface area contributed by atoms with Crippen LogP contribution in [-0.2, 0) is 16.0 Å². The topological polar surface area (TPSA) is 66.8 Å². The summed E-state index contributed by atoms with van der Waals surface area (Å²) in [6.45, 7) is 3.84. The van der Waals surface area contributed by atoms with Gasteiger partial charge in [-0.15, -0.1) is 0 Å². The second kappa shape index (κ2) is 9.31. The van der Waals surface area contributed by atoms with Gasteiger partial charge in [0.05, 0.1) is 23.7 Å². The lowest BCUT2D eigenvalue weighted by atomic mass is 9.94. The summed E-state index contributed by atoms with van der Waals surface area (Å²) in [7, 11) is 1.54. The molecule has 1 saturated heterocycles. The van der Waals surface area contributed by atoms with Crippen LogP contribution >= 0.6 is 11.6 Å². The van der Waals surface area contributed by atoms with E-state index in [1.165, 1.54) is 17.0 Å². The Labute approximate surface area is 202 Å². The second-order valence-electron chi connectivity index (χ2n) is 8.05. The number of hydrogen-bond acceptors (Lipinski definition) is 4. The lowest BCUT2D eigenvalue weighted by molar-refractivity contribution is -0.132. The van der Waals surface area contributed by atoms with Crippen molar-refractivity contribution in [3.63, 3.8) is 0 Å². The van der Waals surface area contributed by atoms with Crippen molar-refractivity contribution in [2.75, 3.05) is 12.0 Å². The van der Waals surface area contributed by atoms with Crippen molar-refractivity contribution >= 4 is 34.7 Å². The monoisotopic (exact) mass is 479 g/mol. The molecule has 4 rings (SSSR count). The number of methoxy groups -OCH3 is 1. The molecule has 0 bridgehead atoms. The minimum atomic E-state index is -0.921. The van der Waals surface area contributed by atoms with E-state index in [1.54, 1.807) is 25.3 Å². The second-order valence-corrected chi connectivity index (χ2v) is 8.45. The van der Waals surface area contributed by atoms with E-state index in [1.807, 2.05) is 38.1 Å². The van der Waals surface area contributed by atoms with Gasteiger partial charge in [-0.1, -0.05) is 42.8 Å². The molecule has 0 aliphatic carbocycles. The standard InChI is InChI=1S/C27H23ClFNO4/c1-4-16-5-7-17(8-6-16)24-23(25(31)18-9-12-22(34-3)15(2)13-18)26(32)27(33)30(24)19-10-11-21(29)20(28)14-19/h5-14,24,31H,4H2,1-3H3/b25-23+. The Bertz CT molecular complexity index is 1320. The Kier molecular flexibility index (Phi) is 6.44. The predicted octanol–water partition coefficient (Wildman–Crippen LogP) is 5.98. The number of nitrogens with zero attached hydrogens (tertiary/aromatic N) is 1. The first-order valence-corrected chi connectivity index (χ1v) is 11.1. The molecule has 1 unspecified atom stereocenters. The number of benzene rings is 3. The van der Waals surface area contributed by atoms with Crippen molar-refractivity contribution in [2.45, 2.75) is 26.3 Å². The van der Waals surface area contributed by atoms with Gasteiger partial charge < -0.3 is 9.84 Å². The number of Topliss-reactive ketones (excluding diaryl/α,β-unsaturated/α-hetero) is 1. The molecule has 1 amide bonds. The summed E-state index contributed by atoms with van der Waals surface area (Å²) in [5.41, 5.74) is 3.04. The quantitative estimate of drug-likeness (QED) is 0.277. The molecule has 1 atom stereocenters. The Morgan fingerprint density at radius 1 is 1.09 bits per heavy atom. The average Bonchev–Trinajstić information content (AvgIpc) is 3.10. The number of ether oxygens (including phenoxy) is 1. The van der Waals surface area contributed by atoms with Crippen molar-refractivity contribution in [3.05, 3.63) is 99.3 Å². The summed E-state index contributed by atoms with van der Waals surface area (Å²) in [5, 5.41) is 11.1. The summed E-state index contributed by atoms with van der Waals surface area (Å²) in [4.78, 5) is 27.7. The molecule has 0 radical (unpaired) electrons. The van der Waals surface area contributed by atoms with E-state index in [-0.39, 0.29) is 22.0 Å². The molecule has 34 heavy (non-hydrogen) atoms. The van der Waals surface area contributed by atoms with Crippen LogP contribution in [0, 0.1) is 12.7 Å². The van der Waals surface area contributed by atoms with Gasteiger partial charge in [0, 0.05) is 11.3 Å². The molecule has 1 fully saturated rings.